The molecule has 1 N–H and O–H groups in total. The Labute approximate surface area is 198 Å². The molecule has 0 saturated carbocycles. The topological polar surface area (TPSA) is 44.8 Å². The van der Waals surface area contributed by atoms with Crippen molar-refractivity contribution in [3.8, 4) is 10.4 Å². The van der Waals surface area contributed by atoms with Gasteiger partial charge in [-0.1, -0.05) is 48.0 Å². The number of nitrogens with one attached hydrogen (secondary N) is 1. The summed E-state index contributed by atoms with van der Waals surface area (Å²) in [6.45, 7) is 6.83. The van der Waals surface area contributed by atoms with Gasteiger partial charge in [-0.3, -0.25) is 0 Å². The molecule has 1 aromatic heterocycles. The van der Waals surface area contributed by atoms with E-state index in [1.54, 1.807) is 0 Å². The zero-order valence-corrected chi connectivity index (χ0v) is 20.1. The van der Waals surface area contributed by atoms with E-state index in [1.165, 1.54) is 29.7 Å². The third-order valence-corrected chi connectivity index (χ3v) is 7.16. The smallest absolute Gasteiger partial charge is 0.340 e. The third kappa shape index (κ3) is 4.79. The first-order valence-electron chi connectivity index (χ1n) is 10.6. The molecule has 1 fully saturated rings. The minimum atomic E-state index is -0.369. The number of hydrogen-bond acceptors (Lipinski definition) is 5. The van der Waals surface area contributed by atoms with E-state index in [0.717, 1.165) is 30.1 Å². The van der Waals surface area contributed by atoms with Gasteiger partial charge in [0.1, 0.15) is 5.00 Å². The monoisotopic (exact) mass is 465 g/mol. The zero-order valence-electron chi connectivity index (χ0n) is 18.5. The van der Waals surface area contributed by atoms with Crippen LogP contribution in [0, 0.1) is 6.92 Å². The first-order valence-corrected chi connectivity index (χ1v) is 11.9. The van der Waals surface area contributed by atoms with Crippen LogP contribution in [0.15, 0.2) is 60.7 Å². The number of thiocarbonyl (C=S) groups is 1. The molecule has 166 valence electrons. The summed E-state index contributed by atoms with van der Waals surface area (Å²) in [6, 6.07) is 20.8. The molecule has 1 atom stereocenters. The molecule has 1 saturated heterocycles. The summed E-state index contributed by atoms with van der Waals surface area (Å²) in [5.41, 5.74) is 4.06. The Hall–Kier alpha value is -2.90. The number of rotatable bonds is 4. The van der Waals surface area contributed by atoms with Gasteiger partial charge < -0.3 is 19.9 Å². The maximum Gasteiger partial charge on any atom is 0.340 e. The fourth-order valence-electron chi connectivity index (χ4n) is 3.93. The number of ether oxygens (including phenoxy) is 1. The molecule has 1 aliphatic rings. The zero-order chi connectivity index (χ0) is 22.7. The van der Waals surface area contributed by atoms with Crippen molar-refractivity contribution in [3.63, 3.8) is 0 Å². The predicted molar refractivity (Wildman–Crippen MR) is 137 cm³/mol. The third-order valence-electron chi connectivity index (χ3n) is 5.70. The van der Waals surface area contributed by atoms with Crippen LogP contribution in [0.1, 0.15) is 22.8 Å². The highest BCUT2D eigenvalue weighted by Crippen LogP contribution is 2.36. The van der Waals surface area contributed by atoms with Crippen LogP contribution in [0.3, 0.4) is 0 Å². The predicted octanol–water partition coefficient (Wildman–Crippen LogP) is 5.42. The number of carbonyl (C=O) groups is 1. The van der Waals surface area contributed by atoms with Gasteiger partial charge in [0.15, 0.2) is 5.11 Å². The van der Waals surface area contributed by atoms with Gasteiger partial charge in [0.25, 0.3) is 0 Å². The van der Waals surface area contributed by atoms with E-state index in [-0.39, 0.29) is 5.97 Å². The maximum absolute atomic E-state index is 12.4. The summed E-state index contributed by atoms with van der Waals surface area (Å²) < 4.78 is 5.01. The Kier molecular flexibility index (Phi) is 6.77. The van der Waals surface area contributed by atoms with E-state index in [4.69, 9.17) is 17.0 Å². The lowest BCUT2D eigenvalue weighted by molar-refractivity contribution is 0.0602. The molecule has 0 spiro atoms. The van der Waals surface area contributed by atoms with Crippen LogP contribution in [0.4, 0.5) is 10.7 Å². The van der Waals surface area contributed by atoms with Gasteiger partial charge >= 0.3 is 5.97 Å². The minimum absolute atomic E-state index is 0.314. The number of aryl methyl sites for hydroxylation is 1. The van der Waals surface area contributed by atoms with Crippen molar-refractivity contribution in [2.24, 2.45) is 0 Å². The highest BCUT2D eigenvalue weighted by molar-refractivity contribution is 7.80. The highest BCUT2D eigenvalue weighted by Gasteiger charge is 2.27. The summed E-state index contributed by atoms with van der Waals surface area (Å²) in [4.78, 5) is 18.0. The number of thiophene rings is 1. The fraction of sp³-hybridized carbons (Fsp3) is 0.280. The number of esters is 1. The highest BCUT2D eigenvalue weighted by atomic mass is 32.1. The van der Waals surface area contributed by atoms with Crippen LogP contribution in [0.5, 0.6) is 0 Å². The largest absolute Gasteiger partial charge is 0.465 e. The van der Waals surface area contributed by atoms with E-state index >= 15 is 0 Å². The van der Waals surface area contributed by atoms with E-state index < -0.39 is 0 Å². The number of methoxy groups -OCH3 is 1. The van der Waals surface area contributed by atoms with Crippen LogP contribution in [0.25, 0.3) is 10.4 Å². The van der Waals surface area contributed by atoms with Gasteiger partial charge in [-0.05, 0) is 49.8 Å². The molecule has 2 aromatic carbocycles. The molecule has 1 aliphatic heterocycles. The normalized spacial score (nSPS) is 16.0. The van der Waals surface area contributed by atoms with Crippen LogP contribution in [-0.4, -0.2) is 48.8 Å². The lowest BCUT2D eigenvalue weighted by Gasteiger charge is -2.42. The van der Waals surface area contributed by atoms with Gasteiger partial charge in [-0.2, -0.15) is 0 Å². The quantitative estimate of drug-likeness (QED) is 0.410. The number of benzene rings is 2. The maximum atomic E-state index is 12.4. The van der Waals surface area contributed by atoms with Crippen LogP contribution >= 0.6 is 23.6 Å². The molecule has 3 aromatic rings. The average molecular weight is 466 g/mol. The van der Waals surface area contributed by atoms with E-state index in [1.807, 2.05) is 36.4 Å². The summed E-state index contributed by atoms with van der Waals surface area (Å²) >= 11 is 7.25. The molecular weight excluding hydrogens is 438 g/mol. The minimum Gasteiger partial charge on any atom is -0.465 e. The molecule has 1 unspecified atom stereocenters. The lowest BCUT2D eigenvalue weighted by atomic mass is 10.1. The van der Waals surface area contributed by atoms with Crippen LogP contribution < -0.4 is 10.2 Å². The van der Waals surface area contributed by atoms with Crippen molar-refractivity contribution in [1.82, 2.24) is 4.90 Å². The van der Waals surface area contributed by atoms with Gasteiger partial charge in [0.2, 0.25) is 0 Å². The number of piperazine rings is 1. The Balaban J connectivity index is 1.48. The molecule has 5 nitrogen and oxygen atoms in total. The van der Waals surface area contributed by atoms with Gasteiger partial charge in [-0.25, -0.2) is 4.79 Å². The molecule has 2 heterocycles. The van der Waals surface area contributed by atoms with Crippen LogP contribution in [-0.2, 0) is 4.74 Å². The van der Waals surface area contributed by atoms with Crippen molar-refractivity contribution >= 4 is 45.3 Å². The lowest BCUT2D eigenvalue weighted by Crippen LogP contribution is -2.54. The van der Waals surface area contributed by atoms with Crippen molar-refractivity contribution in [2.75, 3.05) is 37.0 Å². The molecule has 0 radical (unpaired) electrons. The van der Waals surface area contributed by atoms with Crippen molar-refractivity contribution in [3.05, 3.63) is 71.8 Å². The summed E-state index contributed by atoms with van der Waals surface area (Å²) in [5, 5.41) is 4.67. The van der Waals surface area contributed by atoms with E-state index in [0.29, 0.717) is 21.7 Å². The summed E-state index contributed by atoms with van der Waals surface area (Å²) in [5.74, 6) is -0.369. The molecule has 0 amide bonds. The van der Waals surface area contributed by atoms with Gasteiger partial charge in [-0.15, -0.1) is 11.3 Å². The average Bonchev–Trinajstić information content (AvgIpc) is 3.23. The number of carbonyl (C=O) groups excluding carboxylic acids is 1. The second-order valence-corrected chi connectivity index (χ2v) is 9.40. The van der Waals surface area contributed by atoms with E-state index in [9.17, 15) is 4.79 Å². The number of nitrogens with zero attached hydrogens (tertiary/aromatic N) is 2. The van der Waals surface area contributed by atoms with Crippen molar-refractivity contribution in [1.29, 1.82) is 0 Å². The van der Waals surface area contributed by atoms with Crippen molar-refractivity contribution < 1.29 is 9.53 Å². The molecular formula is C25H27N3O2S2. The Morgan fingerprint density at radius 3 is 2.50 bits per heavy atom. The van der Waals surface area contributed by atoms with Crippen molar-refractivity contribution in [2.45, 2.75) is 19.9 Å². The first-order chi connectivity index (χ1) is 15.5. The summed E-state index contributed by atoms with van der Waals surface area (Å²) in [6.07, 6.45) is 0. The summed E-state index contributed by atoms with van der Waals surface area (Å²) in [7, 11) is 1.40. The Morgan fingerprint density at radius 1 is 1.12 bits per heavy atom. The standard InChI is InChI=1S/C25H27N3O2S2/c1-17-9-11-20(12-10-17)28-14-13-27(16-18(28)2)25(31)26-23-21(24(29)30-3)15-22(32-23)19-7-5-4-6-8-19/h4-12,15,18H,13-14,16H2,1-3H3,(H,26,31). The van der Waals surface area contributed by atoms with Crippen LogP contribution in [0.2, 0.25) is 0 Å². The molecule has 7 heteroatoms. The molecule has 0 aliphatic carbocycles. The van der Waals surface area contributed by atoms with Gasteiger partial charge in [0, 0.05) is 36.2 Å². The Morgan fingerprint density at radius 2 is 1.84 bits per heavy atom. The molecule has 0 bridgehead atoms. The second-order valence-electron chi connectivity index (χ2n) is 7.97. The Bertz CT molecular complexity index is 1100. The number of hydrogen-bond donors (Lipinski definition) is 1. The fourth-order valence-corrected chi connectivity index (χ4v) is 5.31. The molecule has 4 rings (SSSR count). The molecule has 32 heavy (non-hydrogen) atoms. The van der Waals surface area contributed by atoms with Gasteiger partial charge in [0.05, 0.1) is 12.7 Å². The van der Waals surface area contributed by atoms with E-state index in [2.05, 4.69) is 53.2 Å². The SMILES string of the molecule is COC(=O)c1cc(-c2ccccc2)sc1NC(=S)N1CCN(c2ccc(C)cc2)C(C)C1. The number of anilines is 2. The first kappa shape index (κ1) is 22.3. The second kappa shape index (κ2) is 9.71.